The highest BCUT2D eigenvalue weighted by atomic mass is 16.1. The average Bonchev–Trinajstić information content (AvgIpc) is 2.28. The first-order chi connectivity index (χ1) is 7.63. The van der Waals surface area contributed by atoms with E-state index in [1.54, 1.807) is 6.20 Å². The second kappa shape index (κ2) is 6.05. The number of aromatic nitrogens is 2. The molecule has 0 bridgehead atoms. The molecule has 88 valence electrons. The molecule has 0 aliphatic heterocycles. The van der Waals surface area contributed by atoms with Gasteiger partial charge >= 0.3 is 0 Å². The van der Waals surface area contributed by atoms with E-state index in [0.29, 0.717) is 12.4 Å². The summed E-state index contributed by atoms with van der Waals surface area (Å²) in [7, 11) is 0. The first-order valence-electron chi connectivity index (χ1n) is 5.44. The highest BCUT2D eigenvalue weighted by Gasteiger charge is 2.02. The minimum absolute atomic E-state index is 0.0260. The molecule has 5 nitrogen and oxygen atoms in total. The molecule has 0 aliphatic rings. The molecule has 0 saturated heterocycles. The van der Waals surface area contributed by atoms with Crippen molar-refractivity contribution in [3.8, 4) is 0 Å². The van der Waals surface area contributed by atoms with Gasteiger partial charge in [0.1, 0.15) is 5.82 Å². The fraction of sp³-hybridized carbons (Fsp3) is 0.545. The zero-order valence-electron chi connectivity index (χ0n) is 10.0. The molecular formula is C11H18N4O. The van der Waals surface area contributed by atoms with Gasteiger partial charge in [0.15, 0.2) is 0 Å². The Labute approximate surface area is 95.7 Å². The number of hydrogen-bond acceptors (Lipinski definition) is 4. The SMILES string of the molecule is CCCNC(=O)CNc1cnc(C)c(C)n1. The van der Waals surface area contributed by atoms with Gasteiger partial charge < -0.3 is 10.6 Å². The molecule has 1 aromatic rings. The molecule has 0 aliphatic carbocycles. The summed E-state index contributed by atoms with van der Waals surface area (Å²) in [5.41, 5.74) is 1.78. The molecule has 5 heteroatoms. The van der Waals surface area contributed by atoms with Crippen molar-refractivity contribution in [3.05, 3.63) is 17.6 Å². The number of aryl methyl sites for hydroxylation is 2. The van der Waals surface area contributed by atoms with Crippen LogP contribution in [0, 0.1) is 13.8 Å². The first kappa shape index (κ1) is 12.4. The van der Waals surface area contributed by atoms with Crippen molar-refractivity contribution in [2.24, 2.45) is 0 Å². The Morgan fingerprint density at radius 1 is 1.38 bits per heavy atom. The van der Waals surface area contributed by atoms with Crippen LogP contribution in [-0.2, 0) is 4.79 Å². The molecule has 1 heterocycles. The molecule has 0 radical (unpaired) electrons. The molecule has 0 unspecified atom stereocenters. The Balaban J connectivity index is 2.42. The molecule has 0 aromatic carbocycles. The summed E-state index contributed by atoms with van der Waals surface area (Å²) in [5.74, 6) is 0.608. The van der Waals surface area contributed by atoms with E-state index in [0.717, 1.165) is 17.8 Å². The molecule has 0 fully saturated rings. The number of anilines is 1. The van der Waals surface area contributed by atoms with Crippen LogP contribution in [0.15, 0.2) is 6.20 Å². The number of nitrogens with zero attached hydrogens (tertiary/aromatic N) is 2. The number of amides is 1. The number of hydrogen-bond donors (Lipinski definition) is 2. The maximum atomic E-state index is 11.3. The monoisotopic (exact) mass is 222 g/mol. The molecule has 0 saturated carbocycles. The van der Waals surface area contributed by atoms with Crippen molar-refractivity contribution in [2.75, 3.05) is 18.4 Å². The zero-order chi connectivity index (χ0) is 12.0. The van der Waals surface area contributed by atoms with Gasteiger partial charge in [-0.05, 0) is 20.3 Å². The van der Waals surface area contributed by atoms with Gasteiger partial charge in [-0.2, -0.15) is 0 Å². The molecule has 1 amide bonds. The van der Waals surface area contributed by atoms with Crippen LogP contribution in [0.1, 0.15) is 24.7 Å². The normalized spacial score (nSPS) is 9.94. The predicted molar refractivity (Wildman–Crippen MR) is 63.3 cm³/mol. The fourth-order valence-electron chi connectivity index (χ4n) is 1.12. The van der Waals surface area contributed by atoms with E-state index < -0.39 is 0 Å². The summed E-state index contributed by atoms with van der Waals surface area (Å²) < 4.78 is 0. The van der Waals surface area contributed by atoms with Crippen LogP contribution in [-0.4, -0.2) is 29.0 Å². The number of nitrogens with one attached hydrogen (secondary N) is 2. The minimum Gasteiger partial charge on any atom is -0.360 e. The maximum Gasteiger partial charge on any atom is 0.239 e. The van der Waals surface area contributed by atoms with Crippen LogP contribution in [0.5, 0.6) is 0 Å². The lowest BCUT2D eigenvalue weighted by atomic mass is 10.3. The van der Waals surface area contributed by atoms with Gasteiger partial charge in [0.05, 0.1) is 24.1 Å². The largest absolute Gasteiger partial charge is 0.360 e. The quantitative estimate of drug-likeness (QED) is 0.781. The van der Waals surface area contributed by atoms with Crippen LogP contribution < -0.4 is 10.6 Å². The van der Waals surface area contributed by atoms with Crippen LogP contribution >= 0.6 is 0 Å². The van der Waals surface area contributed by atoms with Crippen molar-refractivity contribution in [3.63, 3.8) is 0 Å². The molecule has 1 aromatic heterocycles. The van der Waals surface area contributed by atoms with E-state index in [2.05, 4.69) is 20.6 Å². The molecule has 0 spiro atoms. The smallest absolute Gasteiger partial charge is 0.239 e. The van der Waals surface area contributed by atoms with Crippen LogP contribution in [0.25, 0.3) is 0 Å². The Bertz CT molecular complexity index is 365. The number of carbonyl (C=O) groups is 1. The van der Waals surface area contributed by atoms with Gasteiger partial charge in [-0.25, -0.2) is 4.98 Å². The summed E-state index contributed by atoms with van der Waals surface area (Å²) in [6.45, 7) is 6.75. The lowest BCUT2D eigenvalue weighted by Crippen LogP contribution is -2.30. The summed E-state index contributed by atoms with van der Waals surface area (Å²) in [6.07, 6.45) is 2.57. The third kappa shape index (κ3) is 3.84. The highest BCUT2D eigenvalue weighted by molar-refractivity contribution is 5.80. The third-order valence-corrected chi connectivity index (χ3v) is 2.19. The van der Waals surface area contributed by atoms with Crippen LogP contribution in [0.2, 0.25) is 0 Å². The molecule has 1 rings (SSSR count). The predicted octanol–water partition coefficient (Wildman–Crippen LogP) is 1.03. The lowest BCUT2D eigenvalue weighted by Gasteiger charge is -2.07. The summed E-state index contributed by atoms with van der Waals surface area (Å²) in [4.78, 5) is 19.7. The third-order valence-electron chi connectivity index (χ3n) is 2.19. The van der Waals surface area contributed by atoms with Crippen molar-refractivity contribution in [1.82, 2.24) is 15.3 Å². The second-order valence-corrected chi connectivity index (χ2v) is 3.63. The summed E-state index contributed by atoms with van der Waals surface area (Å²) in [5, 5.41) is 5.71. The van der Waals surface area contributed by atoms with Crippen LogP contribution in [0.4, 0.5) is 5.82 Å². The lowest BCUT2D eigenvalue weighted by molar-refractivity contribution is -0.119. The van der Waals surface area contributed by atoms with Gasteiger partial charge in [-0.3, -0.25) is 9.78 Å². The Hall–Kier alpha value is -1.65. The minimum atomic E-state index is -0.0260. The first-order valence-corrected chi connectivity index (χ1v) is 5.44. The van der Waals surface area contributed by atoms with E-state index in [-0.39, 0.29) is 12.5 Å². The molecule has 0 atom stereocenters. The summed E-state index contributed by atoms with van der Waals surface area (Å²) in [6, 6.07) is 0. The second-order valence-electron chi connectivity index (χ2n) is 3.63. The molecular weight excluding hydrogens is 204 g/mol. The highest BCUT2D eigenvalue weighted by Crippen LogP contribution is 2.04. The fourth-order valence-corrected chi connectivity index (χ4v) is 1.12. The van der Waals surface area contributed by atoms with Gasteiger partial charge in [0, 0.05) is 6.54 Å². The van der Waals surface area contributed by atoms with Gasteiger partial charge in [0.2, 0.25) is 5.91 Å². The van der Waals surface area contributed by atoms with E-state index in [1.165, 1.54) is 0 Å². The van der Waals surface area contributed by atoms with Crippen molar-refractivity contribution < 1.29 is 4.79 Å². The topological polar surface area (TPSA) is 66.9 Å². The molecule has 2 N–H and O–H groups in total. The maximum absolute atomic E-state index is 11.3. The number of carbonyl (C=O) groups excluding carboxylic acids is 1. The average molecular weight is 222 g/mol. The van der Waals surface area contributed by atoms with E-state index >= 15 is 0 Å². The standard InChI is InChI=1S/C11H18N4O/c1-4-5-12-11(16)7-14-10-6-13-8(2)9(3)15-10/h6H,4-5,7H2,1-3H3,(H,12,16)(H,14,15). The number of rotatable bonds is 5. The van der Waals surface area contributed by atoms with E-state index in [4.69, 9.17) is 0 Å². The van der Waals surface area contributed by atoms with E-state index in [9.17, 15) is 4.79 Å². The van der Waals surface area contributed by atoms with Crippen molar-refractivity contribution >= 4 is 11.7 Å². The summed E-state index contributed by atoms with van der Waals surface area (Å²) >= 11 is 0. The Kier molecular flexibility index (Phi) is 4.69. The van der Waals surface area contributed by atoms with Gasteiger partial charge in [-0.1, -0.05) is 6.92 Å². The van der Waals surface area contributed by atoms with Crippen molar-refractivity contribution in [2.45, 2.75) is 27.2 Å². The van der Waals surface area contributed by atoms with Gasteiger partial charge in [0.25, 0.3) is 0 Å². The molecule has 16 heavy (non-hydrogen) atoms. The van der Waals surface area contributed by atoms with E-state index in [1.807, 2.05) is 20.8 Å². The Morgan fingerprint density at radius 2 is 2.12 bits per heavy atom. The van der Waals surface area contributed by atoms with Crippen LogP contribution in [0.3, 0.4) is 0 Å². The van der Waals surface area contributed by atoms with Crippen molar-refractivity contribution in [1.29, 1.82) is 0 Å². The Morgan fingerprint density at radius 3 is 2.75 bits per heavy atom. The zero-order valence-corrected chi connectivity index (χ0v) is 10.0. The van der Waals surface area contributed by atoms with Gasteiger partial charge in [-0.15, -0.1) is 0 Å².